The van der Waals surface area contributed by atoms with Gasteiger partial charge in [-0.2, -0.15) is 5.10 Å². The van der Waals surface area contributed by atoms with Gasteiger partial charge in [-0.1, -0.05) is 6.92 Å². The number of aromatic nitrogens is 4. The Morgan fingerprint density at radius 3 is 2.82 bits per heavy atom. The molecule has 0 aliphatic rings. The number of nitrogens with zero attached hydrogens (tertiary/aromatic N) is 4. The van der Waals surface area contributed by atoms with Gasteiger partial charge in [-0.3, -0.25) is 4.68 Å². The van der Waals surface area contributed by atoms with E-state index in [0.29, 0.717) is 0 Å². The van der Waals surface area contributed by atoms with Crippen molar-refractivity contribution in [2.24, 2.45) is 7.05 Å². The van der Waals surface area contributed by atoms with Gasteiger partial charge in [0.15, 0.2) is 5.82 Å². The van der Waals surface area contributed by atoms with Crippen LogP contribution in [-0.4, -0.2) is 26.3 Å². The van der Waals surface area contributed by atoms with E-state index >= 15 is 0 Å². The molecule has 0 radical (unpaired) electrons. The maximum atomic E-state index is 4.48. The van der Waals surface area contributed by atoms with Crippen molar-refractivity contribution >= 4 is 5.82 Å². The monoisotopic (exact) mass is 231 g/mol. The lowest BCUT2D eigenvalue weighted by Gasteiger charge is -2.06. The molecule has 2 aromatic heterocycles. The van der Waals surface area contributed by atoms with Crippen LogP contribution in [0, 0.1) is 6.92 Å². The van der Waals surface area contributed by atoms with Gasteiger partial charge in [0, 0.05) is 31.5 Å². The number of rotatable bonds is 4. The van der Waals surface area contributed by atoms with E-state index in [9.17, 15) is 0 Å². The molecule has 0 amide bonds. The Bertz CT molecular complexity index is 503. The zero-order chi connectivity index (χ0) is 12.3. The number of hydrogen-bond acceptors (Lipinski definition) is 4. The third-order valence-electron chi connectivity index (χ3n) is 2.37. The van der Waals surface area contributed by atoms with Gasteiger partial charge < -0.3 is 5.32 Å². The molecule has 2 rings (SSSR count). The highest BCUT2D eigenvalue weighted by molar-refractivity contribution is 5.55. The summed E-state index contributed by atoms with van der Waals surface area (Å²) in [4.78, 5) is 8.90. The zero-order valence-electron chi connectivity index (χ0n) is 10.4. The van der Waals surface area contributed by atoms with Crippen LogP contribution in [0.1, 0.15) is 19.0 Å². The minimum absolute atomic E-state index is 0.719. The van der Waals surface area contributed by atoms with Gasteiger partial charge in [-0.05, 0) is 13.3 Å². The normalized spacial score (nSPS) is 10.5. The van der Waals surface area contributed by atoms with E-state index in [1.165, 1.54) is 0 Å². The standard InChI is InChI=1S/C12H17N5/c1-4-5-13-11-6-9(2)15-12(16-11)10-7-14-17(3)8-10/h6-8H,4-5H2,1-3H3,(H,13,15,16). The molecule has 0 aromatic carbocycles. The van der Waals surface area contributed by atoms with Crippen LogP contribution >= 0.6 is 0 Å². The average Bonchev–Trinajstić information content (AvgIpc) is 2.72. The van der Waals surface area contributed by atoms with Crippen molar-refractivity contribution < 1.29 is 0 Å². The van der Waals surface area contributed by atoms with Gasteiger partial charge in [-0.25, -0.2) is 9.97 Å². The van der Waals surface area contributed by atoms with E-state index in [4.69, 9.17) is 0 Å². The van der Waals surface area contributed by atoms with Crippen LogP contribution in [0.2, 0.25) is 0 Å². The third-order valence-corrected chi connectivity index (χ3v) is 2.37. The second kappa shape index (κ2) is 4.95. The Hall–Kier alpha value is -1.91. The molecule has 0 saturated carbocycles. The van der Waals surface area contributed by atoms with Gasteiger partial charge >= 0.3 is 0 Å². The predicted octanol–water partition coefficient (Wildman–Crippen LogP) is 2.01. The minimum atomic E-state index is 0.719. The van der Waals surface area contributed by atoms with Crippen LogP contribution in [0.15, 0.2) is 18.5 Å². The molecule has 0 aliphatic heterocycles. The predicted molar refractivity (Wildman–Crippen MR) is 67.8 cm³/mol. The van der Waals surface area contributed by atoms with Crippen LogP contribution < -0.4 is 5.32 Å². The van der Waals surface area contributed by atoms with Crippen molar-refractivity contribution in [3.8, 4) is 11.4 Å². The third kappa shape index (κ3) is 2.81. The lowest BCUT2D eigenvalue weighted by molar-refractivity contribution is 0.768. The molecule has 90 valence electrons. The molecule has 0 spiro atoms. The summed E-state index contributed by atoms with van der Waals surface area (Å²) in [5, 5.41) is 7.40. The van der Waals surface area contributed by atoms with Crippen LogP contribution in [0.4, 0.5) is 5.82 Å². The molecule has 5 nitrogen and oxygen atoms in total. The first-order valence-corrected chi connectivity index (χ1v) is 5.77. The smallest absolute Gasteiger partial charge is 0.164 e. The molecule has 0 fully saturated rings. The van der Waals surface area contributed by atoms with E-state index in [2.05, 4.69) is 27.3 Å². The van der Waals surface area contributed by atoms with E-state index in [0.717, 1.165) is 35.9 Å². The first kappa shape index (κ1) is 11.6. The molecule has 5 heteroatoms. The molecule has 2 aromatic rings. The lowest BCUT2D eigenvalue weighted by Crippen LogP contribution is -2.04. The van der Waals surface area contributed by atoms with Crippen LogP contribution in [0.5, 0.6) is 0 Å². The number of aryl methyl sites for hydroxylation is 2. The summed E-state index contributed by atoms with van der Waals surface area (Å²) in [7, 11) is 1.88. The van der Waals surface area contributed by atoms with E-state index in [1.54, 1.807) is 10.9 Å². The zero-order valence-corrected chi connectivity index (χ0v) is 10.4. The average molecular weight is 231 g/mol. The van der Waals surface area contributed by atoms with Crippen LogP contribution in [-0.2, 0) is 7.05 Å². The highest BCUT2D eigenvalue weighted by Gasteiger charge is 2.06. The summed E-state index contributed by atoms with van der Waals surface area (Å²) in [6.45, 7) is 5.02. The quantitative estimate of drug-likeness (QED) is 0.874. The maximum absolute atomic E-state index is 4.48. The highest BCUT2D eigenvalue weighted by atomic mass is 15.2. The van der Waals surface area contributed by atoms with Crippen molar-refractivity contribution in [1.82, 2.24) is 19.7 Å². The van der Waals surface area contributed by atoms with Crippen molar-refractivity contribution in [1.29, 1.82) is 0 Å². The fourth-order valence-electron chi connectivity index (χ4n) is 1.58. The highest BCUT2D eigenvalue weighted by Crippen LogP contribution is 2.16. The van der Waals surface area contributed by atoms with Gasteiger partial charge in [0.2, 0.25) is 0 Å². The molecule has 0 bridgehead atoms. The fraction of sp³-hybridized carbons (Fsp3) is 0.417. The lowest BCUT2D eigenvalue weighted by atomic mass is 10.3. The molecule has 2 heterocycles. The number of anilines is 1. The van der Waals surface area contributed by atoms with Crippen molar-refractivity contribution in [3.63, 3.8) is 0 Å². The molecule has 17 heavy (non-hydrogen) atoms. The van der Waals surface area contributed by atoms with Gasteiger partial charge in [0.05, 0.1) is 11.8 Å². The minimum Gasteiger partial charge on any atom is -0.370 e. The van der Waals surface area contributed by atoms with Gasteiger partial charge in [-0.15, -0.1) is 0 Å². The molecule has 0 unspecified atom stereocenters. The Morgan fingerprint density at radius 1 is 1.35 bits per heavy atom. The molecule has 0 saturated heterocycles. The Balaban J connectivity index is 2.31. The summed E-state index contributed by atoms with van der Waals surface area (Å²) < 4.78 is 1.75. The molecule has 0 atom stereocenters. The topological polar surface area (TPSA) is 55.6 Å². The summed E-state index contributed by atoms with van der Waals surface area (Å²) in [5.74, 6) is 1.59. The Morgan fingerprint density at radius 2 is 2.18 bits per heavy atom. The van der Waals surface area contributed by atoms with Crippen LogP contribution in [0.25, 0.3) is 11.4 Å². The summed E-state index contributed by atoms with van der Waals surface area (Å²) >= 11 is 0. The number of hydrogen-bond donors (Lipinski definition) is 1. The van der Waals surface area contributed by atoms with E-state index < -0.39 is 0 Å². The second-order valence-electron chi connectivity index (χ2n) is 4.05. The Labute approximate surface area is 101 Å². The molecular weight excluding hydrogens is 214 g/mol. The van der Waals surface area contributed by atoms with Gasteiger partial charge in [0.25, 0.3) is 0 Å². The molecular formula is C12H17N5. The number of nitrogens with one attached hydrogen (secondary N) is 1. The largest absolute Gasteiger partial charge is 0.370 e. The summed E-state index contributed by atoms with van der Waals surface area (Å²) in [6.07, 6.45) is 4.77. The first-order chi connectivity index (χ1) is 8.19. The molecule has 0 aliphatic carbocycles. The van der Waals surface area contributed by atoms with Crippen molar-refractivity contribution in [3.05, 3.63) is 24.2 Å². The summed E-state index contributed by atoms with van der Waals surface area (Å²) in [6, 6.07) is 1.95. The Kier molecular flexibility index (Phi) is 3.37. The summed E-state index contributed by atoms with van der Waals surface area (Å²) in [5.41, 5.74) is 1.90. The maximum Gasteiger partial charge on any atom is 0.164 e. The van der Waals surface area contributed by atoms with Crippen molar-refractivity contribution in [2.75, 3.05) is 11.9 Å². The van der Waals surface area contributed by atoms with Crippen LogP contribution in [0.3, 0.4) is 0 Å². The van der Waals surface area contributed by atoms with E-state index in [-0.39, 0.29) is 0 Å². The van der Waals surface area contributed by atoms with E-state index in [1.807, 2.05) is 26.2 Å². The first-order valence-electron chi connectivity index (χ1n) is 5.77. The fourth-order valence-corrected chi connectivity index (χ4v) is 1.58. The molecule has 1 N–H and O–H groups in total. The van der Waals surface area contributed by atoms with Gasteiger partial charge in [0.1, 0.15) is 5.82 Å². The van der Waals surface area contributed by atoms with Crippen molar-refractivity contribution in [2.45, 2.75) is 20.3 Å². The SMILES string of the molecule is CCCNc1cc(C)nc(-c2cnn(C)c2)n1. The second-order valence-corrected chi connectivity index (χ2v) is 4.05.